The summed E-state index contributed by atoms with van der Waals surface area (Å²) in [5.74, 6) is 0.780. The lowest BCUT2D eigenvalue weighted by molar-refractivity contribution is 0.414. The van der Waals surface area contributed by atoms with E-state index in [9.17, 15) is 4.79 Å². The van der Waals surface area contributed by atoms with Crippen molar-refractivity contribution in [1.82, 2.24) is 20.2 Å². The predicted molar refractivity (Wildman–Crippen MR) is 135 cm³/mol. The van der Waals surface area contributed by atoms with Gasteiger partial charge in [0.15, 0.2) is 0 Å². The molecular formula is C25H31N5O2S. The molecule has 7 nitrogen and oxygen atoms in total. The van der Waals surface area contributed by atoms with Gasteiger partial charge in [0.1, 0.15) is 10.6 Å². The first-order valence-corrected chi connectivity index (χ1v) is 12.0. The second-order valence-electron chi connectivity index (χ2n) is 8.51. The lowest BCUT2D eigenvalue weighted by Gasteiger charge is -2.24. The van der Waals surface area contributed by atoms with Crippen molar-refractivity contribution in [3.8, 4) is 5.75 Å². The van der Waals surface area contributed by atoms with Crippen molar-refractivity contribution in [3.63, 3.8) is 0 Å². The molecule has 4 rings (SSSR count). The van der Waals surface area contributed by atoms with Crippen molar-refractivity contribution < 1.29 is 4.74 Å². The molecule has 174 valence electrons. The maximum atomic E-state index is 13.3. The first-order chi connectivity index (χ1) is 15.9. The molecule has 0 bridgehead atoms. The van der Waals surface area contributed by atoms with Crippen molar-refractivity contribution >= 4 is 27.3 Å². The minimum Gasteiger partial charge on any atom is -0.497 e. The molecule has 1 atom stereocenters. The topological polar surface area (TPSA) is 92.0 Å². The fourth-order valence-corrected chi connectivity index (χ4v) is 5.66. The van der Waals surface area contributed by atoms with Crippen molar-refractivity contribution in [2.24, 2.45) is 0 Å². The molecule has 1 unspecified atom stereocenters. The number of methoxy groups -OCH3 is 1. The summed E-state index contributed by atoms with van der Waals surface area (Å²) in [7, 11) is 3.53. The number of thiophene rings is 1. The Balaban J connectivity index is 1.55. The zero-order valence-electron chi connectivity index (χ0n) is 19.6. The van der Waals surface area contributed by atoms with Gasteiger partial charge >= 0.3 is 0 Å². The van der Waals surface area contributed by atoms with Gasteiger partial charge in [-0.25, -0.2) is 4.98 Å². The SMILES string of the molecule is CN/C(C)=C(/CNC1CCc2c(sc3ncn(Cc4cccc(OC)c4)c(=O)c23)C1)C(C)=N. The van der Waals surface area contributed by atoms with Gasteiger partial charge in [-0.05, 0) is 56.4 Å². The van der Waals surface area contributed by atoms with Crippen LogP contribution in [0.15, 0.2) is 46.7 Å². The molecule has 0 spiro atoms. The molecule has 1 aliphatic rings. The van der Waals surface area contributed by atoms with Crippen LogP contribution < -0.4 is 20.9 Å². The Kier molecular flexibility index (Phi) is 6.95. The molecular weight excluding hydrogens is 434 g/mol. The quantitative estimate of drug-likeness (QED) is 0.443. The molecule has 2 heterocycles. The first-order valence-electron chi connectivity index (χ1n) is 11.2. The molecule has 0 radical (unpaired) electrons. The number of benzene rings is 1. The summed E-state index contributed by atoms with van der Waals surface area (Å²) >= 11 is 1.64. The van der Waals surface area contributed by atoms with Crippen LogP contribution in [0.2, 0.25) is 0 Å². The number of rotatable bonds is 8. The van der Waals surface area contributed by atoms with Crippen LogP contribution in [0.3, 0.4) is 0 Å². The summed E-state index contributed by atoms with van der Waals surface area (Å²) in [6.07, 6.45) is 4.37. The molecule has 0 aliphatic heterocycles. The van der Waals surface area contributed by atoms with Gasteiger partial charge in [-0.1, -0.05) is 12.1 Å². The van der Waals surface area contributed by atoms with E-state index in [1.165, 1.54) is 4.88 Å². The Morgan fingerprint density at radius 2 is 2.18 bits per heavy atom. The van der Waals surface area contributed by atoms with E-state index in [1.54, 1.807) is 29.3 Å². The van der Waals surface area contributed by atoms with E-state index in [2.05, 4.69) is 15.6 Å². The van der Waals surface area contributed by atoms with E-state index >= 15 is 0 Å². The maximum Gasteiger partial charge on any atom is 0.262 e. The minimum atomic E-state index is 0.0287. The fourth-order valence-electron chi connectivity index (χ4n) is 4.40. The molecule has 2 aromatic heterocycles. The normalized spacial score (nSPS) is 16.3. The van der Waals surface area contributed by atoms with Gasteiger partial charge in [0.05, 0.1) is 25.4 Å². The zero-order valence-corrected chi connectivity index (χ0v) is 20.4. The molecule has 33 heavy (non-hydrogen) atoms. The standard InChI is InChI=1S/C25H31N5O2S/c1-15(26)21(16(2)27-3)12-28-18-8-9-20-22(11-18)33-24-23(20)25(31)30(14-29-24)13-17-6-5-7-19(10-17)32-4/h5-7,10,14,18,26-28H,8-9,11-13H2,1-4H3/b21-16-,26-15?. The van der Waals surface area contributed by atoms with Crippen LogP contribution in [0.25, 0.3) is 10.2 Å². The highest BCUT2D eigenvalue weighted by Gasteiger charge is 2.25. The summed E-state index contributed by atoms with van der Waals surface area (Å²) < 4.78 is 7.00. The third-order valence-electron chi connectivity index (χ3n) is 6.37. The van der Waals surface area contributed by atoms with Crippen LogP contribution >= 0.6 is 11.3 Å². The van der Waals surface area contributed by atoms with Crippen LogP contribution in [0.5, 0.6) is 5.75 Å². The Labute approximate surface area is 198 Å². The van der Waals surface area contributed by atoms with Gasteiger partial charge in [0.25, 0.3) is 5.56 Å². The predicted octanol–water partition coefficient (Wildman–Crippen LogP) is 3.49. The summed E-state index contributed by atoms with van der Waals surface area (Å²) in [6, 6.07) is 8.10. The van der Waals surface area contributed by atoms with Crippen molar-refractivity contribution in [2.45, 2.75) is 45.7 Å². The van der Waals surface area contributed by atoms with Gasteiger partial charge in [-0.2, -0.15) is 0 Å². The minimum absolute atomic E-state index is 0.0287. The number of nitrogens with zero attached hydrogens (tertiary/aromatic N) is 2. The van der Waals surface area contributed by atoms with E-state index in [4.69, 9.17) is 10.1 Å². The average Bonchev–Trinajstić information content (AvgIpc) is 3.19. The van der Waals surface area contributed by atoms with Gasteiger partial charge in [0.2, 0.25) is 0 Å². The van der Waals surface area contributed by atoms with Gasteiger partial charge in [0, 0.05) is 41.5 Å². The molecule has 0 saturated carbocycles. The molecule has 3 N–H and O–H groups in total. The second kappa shape index (κ2) is 9.89. The zero-order chi connectivity index (χ0) is 23.5. The molecule has 1 aromatic carbocycles. The van der Waals surface area contributed by atoms with E-state index in [1.807, 2.05) is 45.2 Å². The Bertz CT molecular complexity index is 1270. The summed E-state index contributed by atoms with van der Waals surface area (Å²) in [5.41, 5.74) is 4.80. The molecule has 8 heteroatoms. The monoisotopic (exact) mass is 465 g/mol. The maximum absolute atomic E-state index is 13.3. The van der Waals surface area contributed by atoms with Crippen molar-refractivity contribution in [3.05, 3.63) is 68.2 Å². The lowest BCUT2D eigenvalue weighted by atomic mass is 9.92. The number of aryl methyl sites for hydroxylation is 1. The Hall–Kier alpha value is -2.97. The number of ether oxygens (including phenoxy) is 1. The van der Waals surface area contributed by atoms with Crippen molar-refractivity contribution in [2.75, 3.05) is 20.7 Å². The van der Waals surface area contributed by atoms with E-state index in [0.717, 1.165) is 57.6 Å². The number of hydrogen-bond donors (Lipinski definition) is 3. The van der Waals surface area contributed by atoms with Crippen LogP contribution in [0.1, 0.15) is 36.3 Å². The molecule has 3 aromatic rings. The van der Waals surface area contributed by atoms with Crippen molar-refractivity contribution in [1.29, 1.82) is 5.41 Å². The number of nitrogens with one attached hydrogen (secondary N) is 3. The first kappa shape index (κ1) is 23.2. The largest absolute Gasteiger partial charge is 0.497 e. The van der Waals surface area contributed by atoms with Gasteiger partial charge < -0.3 is 20.8 Å². The third kappa shape index (κ3) is 4.86. The number of allylic oxidation sites excluding steroid dienone is 1. The van der Waals surface area contributed by atoms with E-state index in [0.29, 0.717) is 24.8 Å². The molecule has 1 aliphatic carbocycles. The van der Waals surface area contributed by atoms with Crippen LogP contribution in [-0.4, -0.2) is 42.0 Å². The van der Waals surface area contributed by atoms with Gasteiger partial charge in [-0.3, -0.25) is 9.36 Å². The highest BCUT2D eigenvalue weighted by Crippen LogP contribution is 2.33. The van der Waals surface area contributed by atoms with Crippen LogP contribution in [0, 0.1) is 5.41 Å². The highest BCUT2D eigenvalue weighted by molar-refractivity contribution is 7.18. The molecule has 0 amide bonds. The average molecular weight is 466 g/mol. The number of aromatic nitrogens is 2. The smallest absolute Gasteiger partial charge is 0.262 e. The van der Waals surface area contributed by atoms with E-state index < -0.39 is 0 Å². The van der Waals surface area contributed by atoms with Crippen LogP contribution in [-0.2, 0) is 19.4 Å². The van der Waals surface area contributed by atoms with E-state index in [-0.39, 0.29) is 5.56 Å². The molecule has 0 saturated heterocycles. The fraction of sp³-hybridized carbons (Fsp3) is 0.400. The number of fused-ring (bicyclic) bond motifs is 3. The summed E-state index contributed by atoms with van der Waals surface area (Å²) in [5, 5.41) is 15.6. The van der Waals surface area contributed by atoms with Crippen LogP contribution in [0.4, 0.5) is 0 Å². The lowest BCUT2D eigenvalue weighted by Crippen LogP contribution is -2.37. The molecule has 0 fully saturated rings. The van der Waals surface area contributed by atoms with Gasteiger partial charge in [-0.15, -0.1) is 11.3 Å². The Morgan fingerprint density at radius 3 is 2.91 bits per heavy atom. The number of hydrogen-bond acceptors (Lipinski definition) is 7. The Morgan fingerprint density at radius 1 is 1.36 bits per heavy atom. The third-order valence-corrected chi connectivity index (χ3v) is 7.53. The summed E-state index contributed by atoms with van der Waals surface area (Å²) in [6.45, 7) is 4.96. The summed E-state index contributed by atoms with van der Waals surface area (Å²) in [4.78, 5) is 20.1. The highest BCUT2D eigenvalue weighted by atomic mass is 32.1. The second-order valence-corrected chi connectivity index (χ2v) is 9.60.